The van der Waals surface area contributed by atoms with Crippen molar-refractivity contribution < 1.29 is 17.5 Å². The van der Waals surface area contributed by atoms with Crippen molar-refractivity contribution in [3.05, 3.63) is 30.1 Å². The minimum Gasteiger partial charge on any atom is -0.379 e. The van der Waals surface area contributed by atoms with Gasteiger partial charge in [0.25, 0.3) is 0 Å². The number of hydrogen-bond donors (Lipinski definition) is 1. The summed E-state index contributed by atoms with van der Waals surface area (Å²) < 4.78 is 43.8. The molecule has 0 bridgehead atoms. The number of nitrogens with one attached hydrogen (secondary N) is 1. The number of rotatable bonds is 7. The van der Waals surface area contributed by atoms with Crippen molar-refractivity contribution in [1.29, 1.82) is 0 Å². The molecule has 1 N–H and O–H groups in total. The molecule has 0 amide bonds. The molecule has 0 saturated heterocycles. The summed E-state index contributed by atoms with van der Waals surface area (Å²) >= 11 is 5.37. The molecule has 0 saturated carbocycles. The molecule has 4 nitrogen and oxygen atoms in total. The van der Waals surface area contributed by atoms with E-state index in [1.54, 1.807) is 0 Å². The van der Waals surface area contributed by atoms with E-state index in [1.807, 2.05) is 0 Å². The predicted molar refractivity (Wildman–Crippen MR) is 63.1 cm³/mol. The summed E-state index contributed by atoms with van der Waals surface area (Å²) in [7, 11) is -3.82. The highest BCUT2D eigenvalue weighted by Gasteiger charge is 2.17. The van der Waals surface area contributed by atoms with Crippen molar-refractivity contribution in [2.45, 2.75) is 4.90 Å². The van der Waals surface area contributed by atoms with E-state index in [0.29, 0.717) is 12.5 Å². The van der Waals surface area contributed by atoms with Gasteiger partial charge in [0.15, 0.2) is 0 Å². The first kappa shape index (κ1) is 14.4. The van der Waals surface area contributed by atoms with Gasteiger partial charge in [-0.2, -0.15) is 0 Å². The quantitative estimate of drug-likeness (QED) is 0.606. The van der Waals surface area contributed by atoms with Gasteiger partial charge < -0.3 is 4.74 Å². The Bertz CT molecular complexity index is 453. The van der Waals surface area contributed by atoms with Crippen molar-refractivity contribution in [3.63, 3.8) is 0 Å². The second-order valence-electron chi connectivity index (χ2n) is 3.13. The number of benzene rings is 1. The molecule has 0 radical (unpaired) electrons. The van der Waals surface area contributed by atoms with E-state index in [4.69, 9.17) is 16.3 Å². The Hall–Kier alpha value is -0.690. The van der Waals surface area contributed by atoms with Crippen LogP contribution < -0.4 is 4.72 Å². The standard InChI is InChI=1S/C10H13ClFNO3S/c11-5-7-16-8-6-13-17(14,15)10-4-2-1-3-9(10)12/h1-4,13H,5-8H2. The molecular formula is C10H13ClFNO3S. The average Bonchev–Trinajstić information content (AvgIpc) is 2.29. The van der Waals surface area contributed by atoms with Crippen molar-refractivity contribution in [1.82, 2.24) is 4.72 Å². The summed E-state index contributed by atoms with van der Waals surface area (Å²) in [5.41, 5.74) is 0. The first-order valence-electron chi connectivity index (χ1n) is 4.96. The van der Waals surface area contributed by atoms with Gasteiger partial charge in [0, 0.05) is 12.4 Å². The molecule has 17 heavy (non-hydrogen) atoms. The van der Waals surface area contributed by atoms with E-state index in [0.717, 1.165) is 6.07 Å². The van der Waals surface area contributed by atoms with Crippen LogP contribution >= 0.6 is 11.6 Å². The van der Waals surface area contributed by atoms with E-state index in [2.05, 4.69) is 4.72 Å². The van der Waals surface area contributed by atoms with Gasteiger partial charge in [0.05, 0.1) is 13.2 Å². The largest absolute Gasteiger partial charge is 0.379 e. The third-order valence-corrected chi connectivity index (χ3v) is 3.53. The molecule has 0 atom stereocenters. The van der Waals surface area contributed by atoms with Gasteiger partial charge in [-0.25, -0.2) is 17.5 Å². The fourth-order valence-electron chi connectivity index (χ4n) is 1.15. The fraction of sp³-hybridized carbons (Fsp3) is 0.400. The minimum atomic E-state index is -3.82. The summed E-state index contributed by atoms with van der Waals surface area (Å²) in [4.78, 5) is -0.364. The fourth-order valence-corrected chi connectivity index (χ4v) is 2.34. The van der Waals surface area contributed by atoms with Gasteiger partial charge >= 0.3 is 0 Å². The van der Waals surface area contributed by atoms with Gasteiger partial charge in [-0.1, -0.05) is 12.1 Å². The number of ether oxygens (including phenoxy) is 1. The topological polar surface area (TPSA) is 55.4 Å². The lowest BCUT2D eigenvalue weighted by atomic mass is 10.4. The van der Waals surface area contributed by atoms with Crippen LogP contribution in [0.2, 0.25) is 0 Å². The van der Waals surface area contributed by atoms with Crippen LogP contribution in [0.15, 0.2) is 29.2 Å². The van der Waals surface area contributed by atoms with Gasteiger partial charge in [0.1, 0.15) is 10.7 Å². The molecular weight excluding hydrogens is 269 g/mol. The molecule has 7 heteroatoms. The maximum absolute atomic E-state index is 13.2. The van der Waals surface area contributed by atoms with Crippen molar-refractivity contribution >= 4 is 21.6 Å². The molecule has 0 heterocycles. The smallest absolute Gasteiger partial charge is 0.243 e. The second kappa shape index (κ2) is 6.90. The summed E-state index contributed by atoms with van der Waals surface area (Å²) in [5.74, 6) is -0.429. The van der Waals surface area contributed by atoms with Crippen LogP contribution in [0.5, 0.6) is 0 Å². The van der Waals surface area contributed by atoms with Gasteiger partial charge in [0.2, 0.25) is 10.0 Å². The number of hydrogen-bond acceptors (Lipinski definition) is 3. The molecule has 0 aliphatic heterocycles. The lowest BCUT2D eigenvalue weighted by Gasteiger charge is -2.07. The summed E-state index contributed by atoms with van der Waals surface area (Å²) in [6, 6.07) is 5.19. The molecule has 0 aliphatic carbocycles. The molecule has 0 aliphatic rings. The normalized spacial score (nSPS) is 11.6. The predicted octanol–water partition coefficient (Wildman–Crippen LogP) is 1.36. The monoisotopic (exact) mass is 281 g/mol. The molecule has 1 rings (SSSR count). The molecule has 0 aromatic heterocycles. The number of alkyl halides is 1. The van der Waals surface area contributed by atoms with Gasteiger partial charge in [-0.15, -0.1) is 11.6 Å². The van der Waals surface area contributed by atoms with E-state index in [1.165, 1.54) is 18.2 Å². The van der Waals surface area contributed by atoms with Crippen LogP contribution in [0.3, 0.4) is 0 Å². The lowest BCUT2D eigenvalue weighted by Crippen LogP contribution is -2.28. The van der Waals surface area contributed by atoms with Crippen LogP contribution in [0.4, 0.5) is 4.39 Å². The lowest BCUT2D eigenvalue weighted by molar-refractivity contribution is 0.155. The van der Waals surface area contributed by atoms with Crippen LogP contribution in [-0.2, 0) is 14.8 Å². The van der Waals surface area contributed by atoms with E-state index < -0.39 is 15.8 Å². The molecule has 0 unspecified atom stereocenters. The highest BCUT2D eigenvalue weighted by atomic mass is 35.5. The first-order valence-corrected chi connectivity index (χ1v) is 6.97. The third-order valence-electron chi connectivity index (χ3n) is 1.89. The summed E-state index contributed by atoms with van der Waals surface area (Å²) in [6.07, 6.45) is 0. The Morgan fingerprint density at radius 3 is 2.65 bits per heavy atom. The van der Waals surface area contributed by atoms with Crippen molar-refractivity contribution in [2.24, 2.45) is 0 Å². The van der Waals surface area contributed by atoms with Gasteiger partial charge in [-0.05, 0) is 12.1 Å². The molecule has 0 fully saturated rings. The average molecular weight is 282 g/mol. The Morgan fingerprint density at radius 1 is 1.29 bits per heavy atom. The van der Waals surface area contributed by atoms with Crippen LogP contribution in [0, 0.1) is 5.82 Å². The summed E-state index contributed by atoms with van der Waals surface area (Å²) in [5, 5.41) is 0. The van der Waals surface area contributed by atoms with Crippen LogP contribution in [0.1, 0.15) is 0 Å². The Morgan fingerprint density at radius 2 is 2.00 bits per heavy atom. The minimum absolute atomic E-state index is 0.0769. The zero-order valence-corrected chi connectivity index (χ0v) is 10.6. The SMILES string of the molecule is O=S(=O)(NCCOCCCl)c1ccccc1F. The zero-order chi connectivity index (χ0) is 12.7. The van der Waals surface area contributed by atoms with Crippen molar-refractivity contribution in [2.75, 3.05) is 25.6 Å². The third kappa shape index (κ3) is 4.59. The molecule has 1 aromatic rings. The number of sulfonamides is 1. The highest BCUT2D eigenvalue weighted by molar-refractivity contribution is 7.89. The molecule has 1 aromatic carbocycles. The Labute approximate surface area is 105 Å². The maximum atomic E-state index is 13.2. The second-order valence-corrected chi connectivity index (χ2v) is 5.24. The molecule has 0 spiro atoms. The van der Waals surface area contributed by atoms with E-state index >= 15 is 0 Å². The van der Waals surface area contributed by atoms with E-state index in [-0.39, 0.29) is 18.0 Å². The van der Waals surface area contributed by atoms with Gasteiger partial charge in [-0.3, -0.25) is 0 Å². The zero-order valence-electron chi connectivity index (χ0n) is 9.03. The Kier molecular flexibility index (Phi) is 5.84. The van der Waals surface area contributed by atoms with E-state index in [9.17, 15) is 12.8 Å². The number of halogens is 2. The summed E-state index contributed by atoms with van der Waals surface area (Å²) in [6.45, 7) is 0.622. The molecule has 96 valence electrons. The van der Waals surface area contributed by atoms with Crippen LogP contribution in [0.25, 0.3) is 0 Å². The Balaban J connectivity index is 2.55. The highest BCUT2D eigenvalue weighted by Crippen LogP contribution is 2.12. The first-order chi connectivity index (χ1) is 8.08. The maximum Gasteiger partial charge on any atom is 0.243 e. The van der Waals surface area contributed by atoms with Crippen LogP contribution in [-0.4, -0.2) is 34.1 Å². The van der Waals surface area contributed by atoms with Crippen molar-refractivity contribution in [3.8, 4) is 0 Å².